The normalized spacial score (nSPS) is 12.9. The van der Waals surface area contributed by atoms with Gasteiger partial charge >= 0.3 is 0 Å². The molecule has 0 aromatic carbocycles. The third-order valence-electron chi connectivity index (χ3n) is 16.1. The first kappa shape index (κ1) is 72.6. The van der Waals surface area contributed by atoms with Crippen LogP contribution in [0.1, 0.15) is 386 Å². The van der Waals surface area contributed by atoms with Crippen molar-refractivity contribution in [1.29, 1.82) is 0 Å². The summed E-state index contributed by atoms with van der Waals surface area (Å²) >= 11 is 0. The van der Waals surface area contributed by atoms with Gasteiger partial charge in [-0.2, -0.15) is 0 Å². The highest BCUT2D eigenvalue weighted by atomic mass is 16.3. The van der Waals surface area contributed by atoms with Crippen LogP contribution in [0.15, 0.2) is 36.5 Å². The number of aliphatic hydroxyl groups excluding tert-OH is 2. The van der Waals surface area contributed by atoms with E-state index in [2.05, 4.69) is 43.5 Å². The Morgan fingerprint density at radius 3 is 0.811 bits per heavy atom. The molecule has 0 aliphatic heterocycles. The van der Waals surface area contributed by atoms with Gasteiger partial charge in [-0.3, -0.25) is 4.79 Å². The Morgan fingerprint density at radius 1 is 0.324 bits per heavy atom. The molecule has 0 aromatic rings. The van der Waals surface area contributed by atoms with Crippen LogP contribution in [0.5, 0.6) is 0 Å². The SMILES string of the molecule is CCCCCCCCCCCCCCC/C=C\C/C=C\CCCCCCCCCCCCCCCCCCCC(=O)NC(CO)C(O)/C=C/CCCCCCCCCCCCCCCCCCCCCCCCC. The molecule has 74 heavy (non-hydrogen) atoms. The van der Waals surface area contributed by atoms with Crippen LogP contribution in [0.25, 0.3) is 0 Å². The highest BCUT2D eigenvalue weighted by molar-refractivity contribution is 5.76. The molecule has 0 aliphatic carbocycles. The van der Waals surface area contributed by atoms with Crippen molar-refractivity contribution in [3.8, 4) is 0 Å². The lowest BCUT2D eigenvalue weighted by Gasteiger charge is -2.20. The Balaban J connectivity index is 3.43. The average molecular weight is 1040 g/mol. The number of amides is 1. The first-order valence-corrected chi connectivity index (χ1v) is 34.2. The van der Waals surface area contributed by atoms with Gasteiger partial charge in [-0.05, 0) is 51.4 Å². The van der Waals surface area contributed by atoms with Crippen LogP contribution in [-0.2, 0) is 4.79 Å². The molecule has 2 atom stereocenters. The third-order valence-corrected chi connectivity index (χ3v) is 16.1. The molecule has 0 heterocycles. The average Bonchev–Trinajstić information content (AvgIpc) is 3.40. The van der Waals surface area contributed by atoms with Crippen molar-refractivity contribution in [2.24, 2.45) is 0 Å². The first-order chi connectivity index (χ1) is 36.7. The third kappa shape index (κ3) is 61.5. The second kappa shape index (κ2) is 65.9. The molecular formula is C70H135NO3. The summed E-state index contributed by atoms with van der Waals surface area (Å²) in [6.07, 6.45) is 90.8. The molecule has 0 fully saturated rings. The zero-order valence-electron chi connectivity index (χ0n) is 50.6. The zero-order valence-corrected chi connectivity index (χ0v) is 50.6. The van der Waals surface area contributed by atoms with Gasteiger partial charge < -0.3 is 15.5 Å². The highest BCUT2D eigenvalue weighted by Gasteiger charge is 2.18. The maximum absolute atomic E-state index is 12.5. The lowest BCUT2D eigenvalue weighted by Crippen LogP contribution is -2.45. The van der Waals surface area contributed by atoms with E-state index in [-0.39, 0.29) is 12.5 Å². The van der Waals surface area contributed by atoms with Crippen molar-refractivity contribution in [1.82, 2.24) is 5.32 Å². The van der Waals surface area contributed by atoms with Crippen molar-refractivity contribution in [2.45, 2.75) is 398 Å². The van der Waals surface area contributed by atoms with E-state index in [4.69, 9.17) is 0 Å². The van der Waals surface area contributed by atoms with E-state index < -0.39 is 12.1 Å². The fourth-order valence-electron chi connectivity index (χ4n) is 10.9. The van der Waals surface area contributed by atoms with E-state index in [0.29, 0.717) is 6.42 Å². The lowest BCUT2D eigenvalue weighted by molar-refractivity contribution is -0.123. The number of hydrogen-bond acceptors (Lipinski definition) is 3. The van der Waals surface area contributed by atoms with Crippen LogP contribution in [0, 0.1) is 0 Å². The van der Waals surface area contributed by atoms with E-state index in [0.717, 1.165) is 32.1 Å². The van der Waals surface area contributed by atoms with Gasteiger partial charge in [-0.1, -0.05) is 365 Å². The summed E-state index contributed by atoms with van der Waals surface area (Å²) in [4.78, 5) is 12.5. The Kier molecular flexibility index (Phi) is 64.7. The van der Waals surface area contributed by atoms with E-state index >= 15 is 0 Å². The Labute approximate surface area is 465 Å². The van der Waals surface area contributed by atoms with E-state index in [9.17, 15) is 15.0 Å². The van der Waals surface area contributed by atoms with Crippen LogP contribution >= 0.6 is 0 Å². The fraction of sp³-hybridized carbons (Fsp3) is 0.900. The van der Waals surface area contributed by atoms with Gasteiger partial charge in [0.1, 0.15) is 0 Å². The van der Waals surface area contributed by atoms with Gasteiger partial charge in [0.2, 0.25) is 5.91 Å². The van der Waals surface area contributed by atoms with Crippen LogP contribution in [0.2, 0.25) is 0 Å². The minimum absolute atomic E-state index is 0.0570. The maximum atomic E-state index is 12.5. The molecule has 0 radical (unpaired) electrons. The monoisotopic (exact) mass is 1040 g/mol. The quantitative estimate of drug-likeness (QED) is 0.0420. The molecule has 1 amide bonds. The standard InChI is InChI=1S/C70H135NO3/c1-3-5-7-9-11-13-15-17-19-21-23-25-27-29-30-31-32-33-34-35-36-37-38-39-40-42-44-46-48-50-52-54-56-58-60-62-64-66-70(74)71-68(67-72)69(73)65-63-61-59-57-55-53-51-49-47-45-43-41-28-26-24-22-20-18-16-14-12-10-8-6-4-2/h30-31,33-34,63,65,68-69,72-73H,3-29,32,35-62,64,66-67H2,1-2H3,(H,71,74)/b31-30-,34-33-,65-63+. The maximum Gasteiger partial charge on any atom is 0.220 e. The van der Waals surface area contributed by atoms with Gasteiger partial charge in [0.15, 0.2) is 0 Å². The summed E-state index contributed by atoms with van der Waals surface area (Å²) in [7, 11) is 0. The summed E-state index contributed by atoms with van der Waals surface area (Å²) in [6.45, 7) is 4.36. The minimum Gasteiger partial charge on any atom is -0.394 e. The van der Waals surface area contributed by atoms with Crippen molar-refractivity contribution in [3.05, 3.63) is 36.5 Å². The molecule has 0 rings (SSSR count). The molecular weight excluding hydrogens is 903 g/mol. The summed E-state index contributed by atoms with van der Waals surface area (Å²) in [5.41, 5.74) is 0. The molecule has 0 bridgehead atoms. The van der Waals surface area contributed by atoms with Crippen molar-refractivity contribution < 1.29 is 15.0 Å². The largest absolute Gasteiger partial charge is 0.394 e. The molecule has 2 unspecified atom stereocenters. The van der Waals surface area contributed by atoms with Crippen LogP contribution in [-0.4, -0.2) is 34.9 Å². The predicted molar refractivity (Wildman–Crippen MR) is 332 cm³/mol. The molecule has 0 aromatic heterocycles. The number of aliphatic hydroxyl groups is 2. The zero-order chi connectivity index (χ0) is 53.4. The first-order valence-electron chi connectivity index (χ1n) is 34.2. The Hall–Kier alpha value is -1.39. The van der Waals surface area contributed by atoms with Gasteiger partial charge in [0.25, 0.3) is 0 Å². The highest BCUT2D eigenvalue weighted by Crippen LogP contribution is 2.19. The topological polar surface area (TPSA) is 69.6 Å². The number of hydrogen-bond donors (Lipinski definition) is 3. The van der Waals surface area contributed by atoms with Crippen LogP contribution in [0.4, 0.5) is 0 Å². The predicted octanol–water partition coefficient (Wildman–Crippen LogP) is 23.2. The van der Waals surface area contributed by atoms with Crippen LogP contribution < -0.4 is 5.32 Å². The van der Waals surface area contributed by atoms with Crippen LogP contribution in [0.3, 0.4) is 0 Å². The van der Waals surface area contributed by atoms with Crippen molar-refractivity contribution >= 4 is 5.91 Å². The van der Waals surface area contributed by atoms with E-state index in [1.54, 1.807) is 6.08 Å². The smallest absolute Gasteiger partial charge is 0.220 e. The van der Waals surface area contributed by atoms with E-state index in [1.165, 1.54) is 334 Å². The van der Waals surface area contributed by atoms with Crippen molar-refractivity contribution in [2.75, 3.05) is 6.61 Å². The Morgan fingerprint density at radius 2 is 0.554 bits per heavy atom. The summed E-state index contributed by atoms with van der Waals surface area (Å²) in [5, 5.41) is 23.3. The number of carbonyl (C=O) groups is 1. The van der Waals surface area contributed by atoms with Gasteiger partial charge in [0.05, 0.1) is 18.8 Å². The molecule has 3 N–H and O–H groups in total. The van der Waals surface area contributed by atoms with Gasteiger partial charge in [0, 0.05) is 6.42 Å². The molecule has 0 spiro atoms. The Bertz CT molecular complexity index is 1130. The summed E-state index contributed by atoms with van der Waals surface area (Å²) in [5.74, 6) is -0.0570. The fourth-order valence-corrected chi connectivity index (χ4v) is 10.9. The minimum atomic E-state index is -0.840. The summed E-state index contributed by atoms with van der Waals surface area (Å²) < 4.78 is 0. The molecule has 0 saturated heterocycles. The van der Waals surface area contributed by atoms with E-state index in [1.807, 2.05) is 6.08 Å². The van der Waals surface area contributed by atoms with Crippen molar-refractivity contribution in [3.63, 3.8) is 0 Å². The molecule has 4 nitrogen and oxygen atoms in total. The molecule has 0 aliphatic rings. The van der Waals surface area contributed by atoms with Gasteiger partial charge in [-0.15, -0.1) is 0 Å². The lowest BCUT2D eigenvalue weighted by atomic mass is 10.0. The molecule has 0 saturated carbocycles. The number of unbranched alkanes of at least 4 members (excludes halogenated alkanes) is 53. The van der Waals surface area contributed by atoms with Gasteiger partial charge in [-0.25, -0.2) is 0 Å². The molecule has 438 valence electrons. The number of nitrogens with one attached hydrogen (secondary N) is 1. The second-order valence-electron chi connectivity index (χ2n) is 23.6. The number of allylic oxidation sites excluding steroid dienone is 5. The molecule has 4 heteroatoms. The second-order valence-corrected chi connectivity index (χ2v) is 23.6. The number of rotatable bonds is 64. The number of carbonyl (C=O) groups excluding carboxylic acids is 1. The summed E-state index contributed by atoms with van der Waals surface area (Å²) in [6, 6.07) is -0.623.